The van der Waals surface area contributed by atoms with E-state index in [4.69, 9.17) is 16.3 Å². The van der Waals surface area contributed by atoms with E-state index in [1.54, 1.807) is 7.05 Å². The lowest BCUT2D eigenvalue weighted by Gasteiger charge is -2.36. The first-order valence-electron chi connectivity index (χ1n) is 9.17. The lowest BCUT2D eigenvalue weighted by molar-refractivity contribution is -0.0396. The maximum absolute atomic E-state index is 11.7. The first-order valence-corrected chi connectivity index (χ1v) is 9.54. The predicted molar refractivity (Wildman–Crippen MR) is 108 cm³/mol. The normalized spacial score (nSPS) is 18.9. The van der Waals surface area contributed by atoms with Crippen molar-refractivity contribution >= 4 is 17.5 Å². The second kappa shape index (κ2) is 9.33. The fourth-order valence-electron chi connectivity index (χ4n) is 3.29. The summed E-state index contributed by atoms with van der Waals surface area (Å²) < 4.78 is 6.06. The van der Waals surface area contributed by atoms with Crippen LogP contribution in [0.3, 0.4) is 0 Å². The maximum atomic E-state index is 11.7. The first-order chi connectivity index (χ1) is 13.1. The fourth-order valence-corrected chi connectivity index (χ4v) is 3.42. The molecular formula is C21H26ClN3O2. The van der Waals surface area contributed by atoms with Gasteiger partial charge in [0.2, 0.25) is 0 Å². The number of ether oxygens (including phenoxy) is 1. The van der Waals surface area contributed by atoms with Crippen LogP contribution in [0.2, 0.25) is 5.02 Å². The topological polar surface area (TPSA) is 53.6 Å². The SMILES string of the molecule is CNC(=O)c1ccc(CN[C@H](c2ccc(Cl)cc2)[C@@H]2CN(C)CCO2)cc1. The fraction of sp³-hybridized carbons (Fsp3) is 0.381. The van der Waals surface area contributed by atoms with Crippen LogP contribution in [0.1, 0.15) is 27.5 Å². The molecule has 0 saturated carbocycles. The summed E-state index contributed by atoms with van der Waals surface area (Å²) in [6.07, 6.45) is 0.0649. The minimum Gasteiger partial charge on any atom is -0.374 e. The number of halogens is 1. The molecular weight excluding hydrogens is 362 g/mol. The van der Waals surface area contributed by atoms with Crippen molar-refractivity contribution in [3.8, 4) is 0 Å². The highest BCUT2D eigenvalue weighted by atomic mass is 35.5. The Hall–Kier alpha value is -1.92. The zero-order valence-electron chi connectivity index (χ0n) is 15.7. The summed E-state index contributed by atoms with van der Waals surface area (Å²) in [6.45, 7) is 3.24. The van der Waals surface area contributed by atoms with Crippen LogP contribution in [0.25, 0.3) is 0 Å². The van der Waals surface area contributed by atoms with Gasteiger partial charge in [0, 0.05) is 37.3 Å². The van der Waals surface area contributed by atoms with E-state index in [9.17, 15) is 4.79 Å². The largest absolute Gasteiger partial charge is 0.374 e. The molecule has 2 aromatic rings. The number of carbonyl (C=O) groups is 1. The lowest BCUT2D eigenvalue weighted by atomic mass is 9.99. The van der Waals surface area contributed by atoms with Gasteiger partial charge in [-0.3, -0.25) is 4.79 Å². The van der Waals surface area contributed by atoms with E-state index in [-0.39, 0.29) is 18.1 Å². The molecule has 0 unspecified atom stereocenters. The number of amides is 1. The Morgan fingerprint density at radius 3 is 2.56 bits per heavy atom. The molecule has 0 aliphatic carbocycles. The minimum atomic E-state index is -0.0767. The molecule has 6 heteroatoms. The maximum Gasteiger partial charge on any atom is 0.251 e. The molecule has 144 valence electrons. The molecule has 1 aliphatic rings. The number of benzene rings is 2. The number of likely N-dealkylation sites (N-methyl/N-ethyl adjacent to an activating group) is 1. The van der Waals surface area contributed by atoms with Crippen LogP contribution in [0.5, 0.6) is 0 Å². The summed E-state index contributed by atoms with van der Waals surface area (Å²) in [5.41, 5.74) is 2.93. The molecule has 1 saturated heterocycles. The quantitative estimate of drug-likeness (QED) is 0.800. The van der Waals surface area contributed by atoms with Crippen molar-refractivity contribution in [2.24, 2.45) is 0 Å². The van der Waals surface area contributed by atoms with Crippen molar-refractivity contribution in [3.63, 3.8) is 0 Å². The van der Waals surface area contributed by atoms with Crippen molar-refractivity contribution in [1.82, 2.24) is 15.5 Å². The van der Waals surface area contributed by atoms with Gasteiger partial charge in [-0.2, -0.15) is 0 Å². The van der Waals surface area contributed by atoms with Crippen LogP contribution in [-0.2, 0) is 11.3 Å². The molecule has 0 bridgehead atoms. The molecule has 0 aromatic heterocycles. The van der Waals surface area contributed by atoms with Crippen LogP contribution in [0, 0.1) is 0 Å². The van der Waals surface area contributed by atoms with Gasteiger partial charge in [0.15, 0.2) is 0 Å². The predicted octanol–water partition coefficient (Wildman–Crippen LogP) is 2.86. The molecule has 3 rings (SSSR count). The van der Waals surface area contributed by atoms with Crippen LogP contribution in [0.15, 0.2) is 48.5 Å². The van der Waals surface area contributed by atoms with Crippen LogP contribution < -0.4 is 10.6 Å². The molecule has 0 radical (unpaired) electrons. The van der Waals surface area contributed by atoms with Crippen molar-refractivity contribution < 1.29 is 9.53 Å². The Bertz CT molecular complexity index is 749. The minimum absolute atomic E-state index is 0.0589. The second-order valence-electron chi connectivity index (χ2n) is 6.86. The molecule has 0 spiro atoms. The zero-order chi connectivity index (χ0) is 19.2. The van der Waals surface area contributed by atoms with Crippen molar-refractivity contribution in [2.75, 3.05) is 33.8 Å². The molecule has 1 fully saturated rings. The Labute approximate surface area is 165 Å². The van der Waals surface area contributed by atoms with Gasteiger partial charge < -0.3 is 20.3 Å². The number of carbonyl (C=O) groups excluding carboxylic acids is 1. The highest BCUT2D eigenvalue weighted by Gasteiger charge is 2.27. The number of hydrogen-bond donors (Lipinski definition) is 2. The van der Waals surface area contributed by atoms with E-state index in [0.29, 0.717) is 12.1 Å². The third-order valence-electron chi connectivity index (χ3n) is 4.87. The summed E-state index contributed by atoms with van der Waals surface area (Å²) in [6, 6.07) is 15.6. The lowest BCUT2D eigenvalue weighted by Crippen LogP contribution is -2.46. The first kappa shape index (κ1) is 19.8. The van der Waals surface area contributed by atoms with Crippen LogP contribution in [-0.4, -0.2) is 50.7 Å². The third-order valence-corrected chi connectivity index (χ3v) is 5.12. The second-order valence-corrected chi connectivity index (χ2v) is 7.29. The number of nitrogens with one attached hydrogen (secondary N) is 2. The van der Waals surface area contributed by atoms with Gasteiger partial charge in [0.25, 0.3) is 5.91 Å². The zero-order valence-corrected chi connectivity index (χ0v) is 16.5. The van der Waals surface area contributed by atoms with Gasteiger partial charge in [-0.15, -0.1) is 0 Å². The van der Waals surface area contributed by atoms with Gasteiger partial charge in [-0.1, -0.05) is 35.9 Å². The standard InChI is InChI=1S/C21H26ClN3O2/c1-23-21(26)17-5-3-15(4-6-17)13-24-20(16-7-9-18(22)10-8-16)19-14-25(2)11-12-27-19/h3-10,19-20,24H,11-14H2,1-2H3,(H,23,26)/t19-,20+/m0/s1. The smallest absolute Gasteiger partial charge is 0.251 e. The van der Waals surface area contributed by atoms with E-state index in [2.05, 4.69) is 22.6 Å². The van der Waals surface area contributed by atoms with E-state index in [1.807, 2.05) is 48.5 Å². The van der Waals surface area contributed by atoms with E-state index >= 15 is 0 Å². The summed E-state index contributed by atoms with van der Waals surface area (Å²) in [4.78, 5) is 14.0. The van der Waals surface area contributed by atoms with Crippen molar-refractivity contribution in [3.05, 3.63) is 70.2 Å². The number of nitrogens with zero attached hydrogens (tertiary/aromatic N) is 1. The third kappa shape index (κ3) is 5.30. The molecule has 2 atom stereocenters. The summed E-state index contributed by atoms with van der Waals surface area (Å²) in [5, 5.41) is 6.99. The van der Waals surface area contributed by atoms with Gasteiger partial charge >= 0.3 is 0 Å². The molecule has 2 aromatic carbocycles. The van der Waals surface area contributed by atoms with Crippen LogP contribution >= 0.6 is 11.6 Å². The molecule has 1 aliphatic heterocycles. The monoisotopic (exact) mass is 387 g/mol. The number of morpholine rings is 1. The highest BCUT2D eigenvalue weighted by molar-refractivity contribution is 6.30. The Morgan fingerprint density at radius 2 is 1.93 bits per heavy atom. The summed E-state index contributed by atoms with van der Waals surface area (Å²) in [7, 11) is 3.75. The number of hydrogen-bond acceptors (Lipinski definition) is 4. The average Bonchev–Trinajstić information content (AvgIpc) is 2.69. The Balaban J connectivity index is 1.73. The van der Waals surface area contributed by atoms with Gasteiger partial charge in [0.05, 0.1) is 18.8 Å². The van der Waals surface area contributed by atoms with Crippen molar-refractivity contribution in [2.45, 2.75) is 18.7 Å². The average molecular weight is 388 g/mol. The summed E-state index contributed by atoms with van der Waals surface area (Å²) in [5.74, 6) is -0.0767. The molecule has 2 N–H and O–H groups in total. The van der Waals surface area contributed by atoms with Gasteiger partial charge in [0.1, 0.15) is 0 Å². The summed E-state index contributed by atoms with van der Waals surface area (Å²) >= 11 is 6.06. The molecule has 1 amide bonds. The van der Waals surface area contributed by atoms with E-state index in [1.165, 1.54) is 0 Å². The molecule has 1 heterocycles. The van der Waals surface area contributed by atoms with Crippen LogP contribution in [0.4, 0.5) is 0 Å². The van der Waals surface area contributed by atoms with Gasteiger partial charge in [-0.05, 0) is 42.4 Å². The van der Waals surface area contributed by atoms with E-state index < -0.39 is 0 Å². The highest BCUT2D eigenvalue weighted by Crippen LogP contribution is 2.24. The Morgan fingerprint density at radius 1 is 1.22 bits per heavy atom. The van der Waals surface area contributed by atoms with E-state index in [0.717, 1.165) is 35.8 Å². The Kier molecular flexibility index (Phi) is 6.85. The molecule has 27 heavy (non-hydrogen) atoms. The van der Waals surface area contributed by atoms with Crippen molar-refractivity contribution in [1.29, 1.82) is 0 Å². The number of rotatable bonds is 6. The molecule has 5 nitrogen and oxygen atoms in total. The van der Waals surface area contributed by atoms with Gasteiger partial charge in [-0.25, -0.2) is 0 Å².